The number of fused-ring (bicyclic) bond motifs is 1. The van der Waals surface area contributed by atoms with Crippen LogP contribution in [0.5, 0.6) is 0 Å². The van der Waals surface area contributed by atoms with Crippen LogP contribution in [0, 0.1) is 5.82 Å². The van der Waals surface area contributed by atoms with Crippen molar-refractivity contribution in [3.8, 4) is 0 Å². The van der Waals surface area contributed by atoms with Gasteiger partial charge in [-0.15, -0.1) is 0 Å². The molecule has 4 aromatic carbocycles. The van der Waals surface area contributed by atoms with Crippen LogP contribution in [0.1, 0.15) is 22.7 Å². The molecule has 1 unspecified atom stereocenters. The maximum absolute atomic E-state index is 13.4. The third kappa shape index (κ3) is 3.68. The van der Waals surface area contributed by atoms with Crippen LogP contribution >= 0.6 is 0 Å². The number of carbonyl (C=O) groups excluding carboxylic acids is 2. The Morgan fingerprint density at radius 3 is 2.24 bits per heavy atom. The fourth-order valence-corrected chi connectivity index (χ4v) is 4.39. The number of halogens is 1. The number of aliphatic hydroxyl groups is 1. The number of aliphatic hydroxyl groups excluding tert-OH is 1. The van der Waals surface area contributed by atoms with E-state index in [1.807, 2.05) is 48.5 Å². The summed E-state index contributed by atoms with van der Waals surface area (Å²) in [4.78, 5) is 27.9. The Bertz CT molecular complexity index is 1390. The zero-order valence-corrected chi connectivity index (χ0v) is 17.6. The third-order valence-electron chi connectivity index (χ3n) is 5.97. The zero-order valence-electron chi connectivity index (χ0n) is 17.6. The van der Waals surface area contributed by atoms with Crippen LogP contribution in [0.2, 0.25) is 0 Å². The second-order valence-electron chi connectivity index (χ2n) is 7.99. The molecule has 5 rings (SSSR count). The second kappa shape index (κ2) is 8.36. The first-order valence-corrected chi connectivity index (χ1v) is 10.6. The maximum Gasteiger partial charge on any atom is 0.295 e. The number of amides is 1. The number of ketones is 1. The minimum Gasteiger partial charge on any atom is -0.507 e. The monoisotopic (exact) mass is 437 g/mol. The van der Waals surface area contributed by atoms with E-state index < -0.39 is 17.7 Å². The molecule has 1 aliphatic rings. The maximum atomic E-state index is 13.4. The molecule has 1 N–H and O–H groups in total. The number of carbonyl (C=O) groups is 2. The molecule has 1 aliphatic heterocycles. The second-order valence-corrected chi connectivity index (χ2v) is 7.99. The van der Waals surface area contributed by atoms with Crippen molar-refractivity contribution < 1.29 is 19.1 Å². The number of hydrogen-bond acceptors (Lipinski definition) is 3. The summed E-state index contributed by atoms with van der Waals surface area (Å²) >= 11 is 0. The van der Waals surface area contributed by atoms with Gasteiger partial charge in [-0.2, -0.15) is 0 Å². The highest BCUT2D eigenvalue weighted by Gasteiger charge is 2.46. The van der Waals surface area contributed by atoms with E-state index in [0.717, 1.165) is 16.3 Å². The Hall–Kier alpha value is -4.25. The average Bonchev–Trinajstić information content (AvgIpc) is 3.10. The molecule has 1 fully saturated rings. The van der Waals surface area contributed by atoms with Crippen LogP contribution in [-0.2, 0) is 16.1 Å². The highest BCUT2D eigenvalue weighted by Crippen LogP contribution is 2.42. The molecule has 4 nitrogen and oxygen atoms in total. The zero-order chi connectivity index (χ0) is 22.9. The van der Waals surface area contributed by atoms with Crippen molar-refractivity contribution >= 4 is 28.2 Å². The Morgan fingerprint density at radius 2 is 1.48 bits per heavy atom. The molecule has 1 heterocycles. The smallest absolute Gasteiger partial charge is 0.295 e. The van der Waals surface area contributed by atoms with Gasteiger partial charge < -0.3 is 10.0 Å². The minimum atomic E-state index is -0.790. The van der Waals surface area contributed by atoms with Crippen molar-refractivity contribution in [1.82, 2.24) is 4.90 Å². The quantitative estimate of drug-likeness (QED) is 0.257. The average molecular weight is 437 g/mol. The van der Waals surface area contributed by atoms with Crippen LogP contribution < -0.4 is 0 Å². The molecular formula is C28H20FNO3. The molecule has 0 radical (unpaired) electrons. The summed E-state index contributed by atoms with van der Waals surface area (Å²) in [6, 6.07) is 27.2. The number of nitrogens with zero attached hydrogens (tertiary/aromatic N) is 1. The van der Waals surface area contributed by atoms with E-state index in [9.17, 15) is 19.1 Å². The van der Waals surface area contributed by atoms with Gasteiger partial charge in [0.05, 0.1) is 11.6 Å². The highest BCUT2D eigenvalue weighted by molar-refractivity contribution is 6.46. The SMILES string of the molecule is O=C1C(=O)N(Cc2ccc(F)cc2)C(c2cccc3ccccc23)/C1=C(/O)c1ccccc1. The highest BCUT2D eigenvalue weighted by atomic mass is 19.1. The Labute approximate surface area is 190 Å². The van der Waals surface area contributed by atoms with Gasteiger partial charge in [-0.1, -0.05) is 84.9 Å². The summed E-state index contributed by atoms with van der Waals surface area (Å²) in [6.45, 7) is 0.101. The largest absolute Gasteiger partial charge is 0.507 e. The van der Waals surface area contributed by atoms with E-state index in [4.69, 9.17) is 0 Å². The van der Waals surface area contributed by atoms with Crippen molar-refractivity contribution in [3.63, 3.8) is 0 Å². The lowest BCUT2D eigenvalue weighted by atomic mass is 9.91. The van der Waals surface area contributed by atoms with Gasteiger partial charge in [-0.3, -0.25) is 9.59 Å². The number of benzene rings is 4. The predicted octanol–water partition coefficient (Wildman–Crippen LogP) is 5.60. The summed E-state index contributed by atoms with van der Waals surface area (Å²) in [7, 11) is 0. The number of hydrogen-bond donors (Lipinski definition) is 1. The standard InChI is InChI=1S/C28H20FNO3/c29-21-15-13-18(14-16-21)17-30-25(23-12-6-10-19-7-4-5-11-22(19)23)24(27(32)28(30)33)26(31)20-8-2-1-3-9-20/h1-16,25,31H,17H2/b26-24-. The van der Waals surface area contributed by atoms with E-state index in [2.05, 4.69) is 0 Å². The van der Waals surface area contributed by atoms with Crippen molar-refractivity contribution in [2.75, 3.05) is 0 Å². The number of likely N-dealkylation sites (tertiary alicyclic amines) is 1. The van der Waals surface area contributed by atoms with Gasteiger partial charge in [0.2, 0.25) is 0 Å². The van der Waals surface area contributed by atoms with Crippen molar-refractivity contribution in [1.29, 1.82) is 0 Å². The molecule has 0 saturated carbocycles. The number of rotatable bonds is 4. The van der Waals surface area contributed by atoms with E-state index >= 15 is 0 Å². The molecular weight excluding hydrogens is 417 g/mol. The van der Waals surface area contributed by atoms with E-state index in [1.165, 1.54) is 17.0 Å². The number of Topliss-reactive ketones (excluding diaryl/α,β-unsaturated/α-hetero) is 1. The fourth-order valence-electron chi connectivity index (χ4n) is 4.39. The molecule has 0 aromatic heterocycles. The third-order valence-corrected chi connectivity index (χ3v) is 5.97. The first kappa shape index (κ1) is 20.6. The summed E-state index contributed by atoms with van der Waals surface area (Å²) in [5, 5.41) is 13.0. The van der Waals surface area contributed by atoms with Gasteiger partial charge in [-0.05, 0) is 34.0 Å². The summed E-state index contributed by atoms with van der Waals surface area (Å²) in [6.07, 6.45) is 0. The molecule has 0 spiro atoms. The van der Waals surface area contributed by atoms with Gasteiger partial charge >= 0.3 is 0 Å². The van der Waals surface area contributed by atoms with Crippen LogP contribution in [0.25, 0.3) is 16.5 Å². The van der Waals surface area contributed by atoms with Crippen molar-refractivity contribution in [2.24, 2.45) is 0 Å². The molecule has 1 saturated heterocycles. The molecule has 162 valence electrons. The Balaban J connectivity index is 1.72. The Kier molecular flexibility index (Phi) is 5.23. The molecule has 5 heteroatoms. The van der Waals surface area contributed by atoms with Crippen molar-refractivity contribution in [2.45, 2.75) is 12.6 Å². The van der Waals surface area contributed by atoms with E-state index in [-0.39, 0.29) is 23.7 Å². The van der Waals surface area contributed by atoms with Crippen LogP contribution in [0.4, 0.5) is 4.39 Å². The topological polar surface area (TPSA) is 57.6 Å². The summed E-state index contributed by atoms with van der Waals surface area (Å²) < 4.78 is 13.4. The van der Waals surface area contributed by atoms with Gasteiger partial charge in [0.25, 0.3) is 11.7 Å². The predicted molar refractivity (Wildman–Crippen MR) is 125 cm³/mol. The normalized spacial score (nSPS) is 17.6. The Morgan fingerprint density at radius 1 is 0.818 bits per heavy atom. The molecule has 0 aliphatic carbocycles. The van der Waals surface area contributed by atoms with Gasteiger partial charge in [0.15, 0.2) is 0 Å². The lowest BCUT2D eigenvalue weighted by Crippen LogP contribution is -2.29. The van der Waals surface area contributed by atoms with Gasteiger partial charge in [0, 0.05) is 12.1 Å². The van der Waals surface area contributed by atoms with Crippen molar-refractivity contribution in [3.05, 3.63) is 125 Å². The van der Waals surface area contributed by atoms with Gasteiger partial charge in [-0.25, -0.2) is 4.39 Å². The summed E-state index contributed by atoms with van der Waals surface area (Å²) in [5.41, 5.74) is 1.93. The molecule has 0 bridgehead atoms. The lowest BCUT2D eigenvalue weighted by Gasteiger charge is -2.26. The lowest BCUT2D eigenvalue weighted by molar-refractivity contribution is -0.140. The molecule has 1 amide bonds. The van der Waals surface area contributed by atoms with Crippen LogP contribution in [-0.4, -0.2) is 21.7 Å². The molecule has 33 heavy (non-hydrogen) atoms. The fraction of sp³-hybridized carbons (Fsp3) is 0.0714. The van der Waals surface area contributed by atoms with Gasteiger partial charge in [0.1, 0.15) is 11.6 Å². The summed E-state index contributed by atoms with van der Waals surface area (Å²) in [5.74, 6) is -2.03. The molecule has 1 atom stereocenters. The van der Waals surface area contributed by atoms with E-state index in [0.29, 0.717) is 11.1 Å². The van der Waals surface area contributed by atoms with E-state index in [1.54, 1.807) is 36.4 Å². The minimum absolute atomic E-state index is 0.0460. The van der Waals surface area contributed by atoms with Crippen LogP contribution in [0.3, 0.4) is 0 Å². The first-order valence-electron chi connectivity index (χ1n) is 10.6. The van der Waals surface area contributed by atoms with Crippen LogP contribution in [0.15, 0.2) is 103 Å². The molecule has 4 aromatic rings. The first-order chi connectivity index (χ1) is 16.0.